The van der Waals surface area contributed by atoms with Gasteiger partial charge in [-0.05, 0) is 19.1 Å². The number of hydrogen-bond donors (Lipinski definition) is 1. The quantitative estimate of drug-likeness (QED) is 0.205. The van der Waals surface area contributed by atoms with Gasteiger partial charge in [0.1, 0.15) is 11.1 Å². The Morgan fingerprint density at radius 3 is 2.43 bits per heavy atom. The molecule has 0 spiro atoms. The number of ketones is 1. The maximum atomic E-state index is 12.8. The van der Waals surface area contributed by atoms with Crippen molar-refractivity contribution in [3.63, 3.8) is 0 Å². The summed E-state index contributed by atoms with van der Waals surface area (Å²) >= 11 is 1.26. The van der Waals surface area contributed by atoms with Crippen LogP contribution in [0.2, 0.25) is 0 Å². The second-order valence-corrected chi connectivity index (χ2v) is 7.02. The van der Waals surface area contributed by atoms with Crippen molar-refractivity contribution in [3.05, 3.63) is 89.4 Å². The van der Waals surface area contributed by atoms with Crippen LogP contribution in [0.1, 0.15) is 15.4 Å². The van der Waals surface area contributed by atoms with E-state index in [1.165, 1.54) is 11.3 Å². The smallest absolute Gasteiger partial charge is 0.228 e. The van der Waals surface area contributed by atoms with Gasteiger partial charge in [-0.2, -0.15) is 5.11 Å². The third kappa shape index (κ3) is 3.35. The van der Waals surface area contributed by atoms with Crippen LogP contribution >= 0.6 is 11.3 Å². The molecule has 0 atom stereocenters. The molecular weight excluding hydrogens is 372 g/mol. The lowest BCUT2D eigenvalue weighted by Gasteiger charge is -1.99. The van der Waals surface area contributed by atoms with Crippen LogP contribution in [0.5, 0.6) is 0 Å². The molecule has 0 aliphatic rings. The summed E-state index contributed by atoms with van der Waals surface area (Å²) in [6.07, 6.45) is 2.59. The van der Waals surface area contributed by atoms with E-state index in [1.54, 1.807) is 12.1 Å². The first-order valence-corrected chi connectivity index (χ1v) is 9.39. The molecule has 2 aromatic carbocycles. The summed E-state index contributed by atoms with van der Waals surface area (Å²) < 4.78 is 1.88. The first-order chi connectivity index (χ1) is 13.7. The summed E-state index contributed by atoms with van der Waals surface area (Å²) in [6.45, 7) is 1.84. The highest BCUT2D eigenvalue weighted by atomic mass is 32.1. The lowest BCUT2D eigenvalue weighted by atomic mass is 10.2. The molecule has 4 aromatic rings. The van der Waals surface area contributed by atoms with Gasteiger partial charge in [-0.1, -0.05) is 59.9 Å². The third-order valence-corrected chi connectivity index (χ3v) is 5.37. The predicted molar refractivity (Wildman–Crippen MR) is 109 cm³/mol. The Labute approximate surface area is 165 Å². The van der Waals surface area contributed by atoms with Crippen LogP contribution in [-0.2, 0) is 0 Å². The van der Waals surface area contributed by atoms with E-state index < -0.39 is 5.78 Å². The zero-order chi connectivity index (χ0) is 19.5. The van der Waals surface area contributed by atoms with E-state index in [9.17, 15) is 9.90 Å². The van der Waals surface area contributed by atoms with Crippen LogP contribution in [0, 0.1) is 6.92 Å². The van der Waals surface area contributed by atoms with E-state index in [1.807, 2.05) is 66.1 Å². The zero-order valence-electron chi connectivity index (χ0n) is 15.0. The van der Waals surface area contributed by atoms with Crippen molar-refractivity contribution in [2.75, 3.05) is 0 Å². The summed E-state index contributed by atoms with van der Waals surface area (Å²) in [7, 11) is 0. The maximum absolute atomic E-state index is 12.8. The second kappa shape index (κ2) is 7.58. The number of aromatic nitrogens is 2. The highest BCUT2D eigenvalue weighted by Crippen LogP contribution is 2.29. The van der Waals surface area contributed by atoms with Crippen LogP contribution < -0.4 is 0 Å². The number of Topliss-reactive ketones (excluding diaryl/α,β-unsaturated/α-hetero) is 1. The average molecular weight is 388 g/mol. The summed E-state index contributed by atoms with van der Waals surface area (Å²) in [5, 5.41) is 17.4. The van der Waals surface area contributed by atoms with Crippen molar-refractivity contribution < 1.29 is 9.90 Å². The highest BCUT2D eigenvalue weighted by molar-refractivity contribution is 7.19. The molecule has 2 aromatic heterocycles. The van der Waals surface area contributed by atoms with Gasteiger partial charge in [-0.25, -0.2) is 4.98 Å². The van der Waals surface area contributed by atoms with Crippen LogP contribution in [0.15, 0.2) is 89.0 Å². The fourth-order valence-corrected chi connectivity index (χ4v) is 3.82. The molecule has 0 saturated heterocycles. The molecular formula is C21H16N4O2S. The lowest BCUT2D eigenvalue weighted by Crippen LogP contribution is -2.02. The number of thiazole rings is 1. The van der Waals surface area contributed by atoms with E-state index in [0.29, 0.717) is 21.8 Å². The number of fused-ring (bicyclic) bond motifs is 1. The standard InChI is InChI=1S/C21H16N4O2S/c1-14-20(19(27)18(13-26)24-23-16-10-6-3-7-11-16)28-21-22-17(12-25(14)21)15-8-4-2-5-9-15/h2-13,26H,1H3/b18-13+,24-23?. The van der Waals surface area contributed by atoms with E-state index in [2.05, 4.69) is 15.2 Å². The Kier molecular flexibility index (Phi) is 4.82. The van der Waals surface area contributed by atoms with Crippen LogP contribution in [0.25, 0.3) is 16.2 Å². The number of allylic oxidation sites excluding steroid dienone is 1. The van der Waals surface area contributed by atoms with Gasteiger partial charge in [0, 0.05) is 17.5 Å². The van der Waals surface area contributed by atoms with Crippen LogP contribution in [-0.4, -0.2) is 20.3 Å². The zero-order valence-corrected chi connectivity index (χ0v) is 15.8. The Hall–Kier alpha value is -3.58. The number of rotatable bonds is 5. The number of azo groups is 1. The van der Waals surface area contributed by atoms with E-state index >= 15 is 0 Å². The SMILES string of the molecule is Cc1c(C(=O)/C(=C\O)N=Nc2ccccc2)sc2nc(-c3ccccc3)cn12. The number of aliphatic hydroxyl groups is 1. The number of imidazole rings is 1. The monoisotopic (exact) mass is 388 g/mol. The Morgan fingerprint density at radius 1 is 1.11 bits per heavy atom. The Balaban J connectivity index is 1.64. The molecule has 0 radical (unpaired) electrons. The number of aliphatic hydroxyl groups excluding tert-OH is 1. The number of benzene rings is 2. The lowest BCUT2D eigenvalue weighted by molar-refractivity contribution is 0.103. The van der Waals surface area contributed by atoms with Crippen LogP contribution in [0.4, 0.5) is 5.69 Å². The molecule has 0 saturated carbocycles. The molecule has 0 amide bonds. The van der Waals surface area contributed by atoms with Crippen molar-refractivity contribution in [2.24, 2.45) is 10.2 Å². The van der Waals surface area contributed by atoms with Gasteiger partial charge in [-0.15, -0.1) is 5.11 Å². The maximum Gasteiger partial charge on any atom is 0.228 e. The fourth-order valence-electron chi connectivity index (χ4n) is 2.76. The number of carbonyl (C=O) groups excluding carboxylic acids is 1. The van der Waals surface area contributed by atoms with Crippen molar-refractivity contribution in [2.45, 2.75) is 6.92 Å². The predicted octanol–water partition coefficient (Wildman–Crippen LogP) is 5.74. The largest absolute Gasteiger partial charge is 0.513 e. The number of aryl methyl sites for hydroxylation is 1. The number of hydrogen-bond acceptors (Lipinski definition) is 6. The Morgan fingerprint density at radius 2 is 1.79 bits per heavy atom. The minimum absolute atomic E-state index is 0.125. The molecule has 6 nitrogen and oxygen atoms in total. The molecule has 4 rings (SSSR count). The molecule has 7 heteroatoms. The first-order valence-electron chi connectivity index (χ1n) is 8.57. The van der Waals surface area contributed by atoms with Crippen molar-refractivity contribution >= 4 is 27.8 Å². The topological polar surface area (TPSA) is 79.3 Å². The highest BCUT2D eigenvalue weighted by Gasteiger charge is 2.21. The van der Waals surface area contributed by atoms with Gasteiger partial charge < -0.3 is 5.11 Å². The molecule has 1 N–H and O–H groups in total. The van der Waals surface area contributed by atoms with Gasteiger partial charge in [0.25, 0.3) is 0 Å². The van der Waals surface area contributed by atoms with Gasteiger partial charge in [-0.3, -0.25) is 9.20 Å². The Bertz CT molecular complexity index is 1190. The molecule has 0 unspecified atom stereocenters. The molecule has 0 fully saturated rings. The van der Waals surface area contributed by atoms with Gasteiger partial charge in [0.05, 0.1) is 11.4 Å². The third-order valence-electron chi connectivity index (χ3n) is 4.22. The molecule has 0 aliphatic heterocycles. The first kappa shape index (κ1) is 17.8. The van der Waals surface area contributed by atoms with Crippen molar-refractivity contribution in [1.82, 2.24) is 9.38 Å². The number of carbonyl (C=O) groups is 1. The normalized spacial score (nSPS) is 12.1. The van der Waals surface area contributed by atoms with Gasteiger partial charge >= 0.3 is 0 Å². The van der Waals surface area contributed by atoms with Crippen molar-refractivity contribution in [3.8, 4) is 11.3 Å². The van der Waals surface area contributed by atoms with Gasteiger partial charge in [0.2, 0.25) is 5.78 Å². The summed E-state index contributed by atoms with van der Waals surface area (Å²) in [6, 6.07) is 18.9. The summed E-state index contributed by atoms with van der Waals surface area (Å²) in [4.78, 5) is 18.6. The summed E-state index contributed by atoms with van der Waals surface area (Å²) in [5.41, 5.74) is 3.07. The fraction of sp³-hybridized carbons (Fsp3) is 0.0476. The molecule has 0 bridgehead atoms. The number of nitrogens with zero attached hydrogens (tertiary/aromatic N) is 4. The van der Waals surface area contributed by atoms with E-state index in [0.717, 1.165) is 17.0 Å². The van der Waals surface area contributed by atoms with E-state index in [4.69, 9.17) is 0 Å². The second-order valence-electron chi connectivity index (χ2n) is 6.04. The van der Waals surface area contributed by atoms with E-state index in [-0.39, 0.29) is 5.70 Å². The molecule has 0 aliphatic carbocycles. The minimum atomic E-state index is -0.392. The van der Waals surface area contributed by atoms with Crippen molar-refractivity contribution in [1.29, 1.82) is 0 Å². The van der Waals surface area contributed by atoms with Crippen LogP contribution in [0.3, 0.4) is 0 Å². The molecule has 138 valence electrons. The average Bonchev–Trinajstić information content (AvgIpc) is 3.29. The minimum Gasteiger partial charge on any atom is -0.513 e. The molecule has 2 heterocycles. The summed E-state index contributed by atoms with van der Waals surface area (Å²) in [5.74, 6) is -0.392. The van der Waals surface area contributed by atoms with Gasteiger partial charge in [0.15, 0.2) is 10.7 Å². The molecule has 28 heavy (non-hydrogen) atoms.